The van der Waals surface area contributed by atoms with Crippen LogP contribution in [0.4, 0.5) is 0 Å². The van der Waals surface area contributed by atoms with Crippen molar-refractivity contribution in [3.8, 4) is 0 Å². The molecular weight excluding hydrogens is 166 g/mol. The lowest BCUT2D eigenvalue weighted by atomic mass is 10.1. The molecule has 1 aliphatic carbocycles. The molecule has 1 atom stereocenters. The molecule has 0 amide bonds. The standard InChI is InChI=1S/C10H19NS/c1-9(2)7-12-10(3,11-9)6-8-4-5-8/h8,11H,4-7H2,1-3H3. The molecule has 0 spiro atoms. The van der Waals surface area contributed by atoms with Crippen LogP contribution in [0.25, 0.3) is 0 Å². The molecule has 70 valence electrons. The molecule has 1 saturated heterocycles. The highest BCUT2D eigenvalue weighted by Crippen LogP contribution is 2.45. The molecule has 1 heterocycles. The van der Waals surface area contributed by atoms with E-state index in [2.05, 4.69) is 37.8 Å². The predicted octanol–water partition coefficient (Wildman–Crippen LogP) is 2.62. The van der Waals surface area contributed by atoms with Crippen molar-refractivity contribution in [2.75, 3.05) is 5.75 Å². The molecule has 1 nitrogen and oxygen atoms in total. The monoisotopic (exact) mass is 185 g/mol. The molecular formula is C10H19NS. The van der Waals surface area contributed by atoms with Crippen LogP contribution in [0.2, 0.25) is 0 Å². The zero-order chi connectivity index (χ0) is 8.82. The van der Waals surface area contributed by atoms with Crippen LogP contribution in [0.3, 0.4) is 0 Å². The van der Waals surface area contributed by atoms with E-state index in [1.54, 1.807) is 0 Å². The minimum atomic E-state index is 0.355. The number of rotatable bonds is 2. The van der Waals surface area contributed by atoms with Gasteiger partial charge in [0.05, 0.1) is 4.87 Å². The normalized spacial score (nSPS) is 40.2. The van der Waals surface area contributed by atoms with Crippen LogP contribution in [0, 0.1) is 5.92 Å². The topological polar surface area (TPSA) is 12.0 Å². The average molecular weight is 185 g/mol. The fraction of sp³-hybridized carbons (Fsp3) is 1.00. The summed E-state index contributed by atoms with van der Waals surface area (Å²) in [6, 6.07) is 0. The Bertz CT molecular complexity index is 186. The van der Waals surface area contributed by atoms with Crippen molar-refractivity contribution in [2.24, 2.45) is 5.92 Å². The summed E-state index contributed by atoms with van der Waals surface area (Å²) < 4.78 is 0. The Labute approximate surface area is 79.7 Å². The molecule has 12 heavy (non-hydrogen) atoms. The van der Waals surface area contributed by atoms with E-state index in [0.29, 0.717) is 10.4 Å². The molecule has 0 aromatic carbocycles. The van der Waals surface area contributed by atoms with Crippen LogP contribution in [0.5, 0.6) is 0 Å². The average Bonchev–Trinajstić information content (AvgIpc) is 2.62. The van der Waals surface area contributed by atoms with Crippen LogP contribution in [-0.2, 0) is 0 Å². The molecule has 2 aliphatic rings. The number of nitrogens with one attached hydrogen (secondary N) is 1. The quantitative estimate of drug-likeness (QED) is 0.710. The number of hydrogen-bond donors (Lipinski definition) is 1. The molecule has 2 heteroatoms. The van der Waals surface area contributed by atoms with Gasteiger partial charge in [0.1, 0.15) is 0 Å². The molecule has 1 saturated carbocycles. The summed E-state index contributed by atoms with van der Waals surface area (Å²) in [6.45, 7) is 6.97. The highest BCUT2D eigenvalue weighted by Gasteiger charge is 2.42. The second-order valence-corrected chi connectivity index (χ2v) is 6.65. The maximum Gasteiger partial charge on any atom is 0.0624 e. The van der Waals surface area contributed by atoms with E-state index in [1.165, 1.54) is 25.0 Å². The Kier molecular flexibility index (Phi) is 1.96. The Morgan fingerprint density at radius 2 is 2.00 bits per heavy atom. The lowest BCUT2D eigenvalue weighted by Gasteiger charge is -2.27. The fourth-order valence-electron chi connectivity index (χ4n) is 2.11. The zero-order valence-corrected chi connectivity index (χ0v) is 9.13. The van der Waals surface area contributed by atoms with Crippen molar-refractivity contribution in [1.82, 2.24) is 5.32 Å². The van der Waals surface area contributed by atoms with Gasteiger partial charge in [0.2, 0.25) is 0 Å². The van der Waals surface area contributed by atoms with Crippen molar-refractivity contribution in [3.63, 3.8) is 0 Å². The van der Waals surface area contributed by atoms with Gasteiger partial charge in [0, 0.05) is 11.3 Å². The van der Waals surface area contributed by atoms with E-state index in [4.69, 9.17) is 0 Å². The van der Waals surface area contributed by atoms with E-state index in [-0.39, 0.29) is 0 Å². The van der Waals surface area contributed by atoms with Crippen molar-refractivity contribution in [2.45, 2.75) is 50.4 Å². The summed E-state index contributed by atoms with van der Waals surface area (Å²) in [7, 11) is 0. The highest BCUT2D eigenvalue weighted by atomic mass is 32.2. The van der Waals surface area contributed by atoms with Gasteiger partial charge in [-0.2, -0.15) is 0 Å². The first-order valence-electron chi connectivity index (χ1n) is 4.92. The van der Waals surface area contributed by atoms with Gasteiger partial charge < -0.3 is 0 Å². The van der Waals surface area contributed by atoms with Crippen LogP contribution < -0.4 is 5.32 Å². The smallest absolute Gasteiger partial charge is 0.0624 e. The molecule has 0 radical (unpaired) electrons. The van der Waals surface area contributed by atoms with Gasteiger partial charge in [-0.05, 0) is 33.1 Å². The van der Waals surface area contributed by atoms with Gasteiger partial charge in [0.25, 0.3) is 0 Å². The third kappa shape index (κ3) is 1.97. The maximum atomic E-state index is 3.74. The molecule has 0 aromatic rings. The lowest BCUT2D eigenvalue weighted by molar-refractivity contribution is 0.356. The Morgan fingerprint density at radius 3 is 2.42 bits per heavy atom. The summed E-state index contributed by atoms with van der Waals surface area (Å²) >= 11 is 2.11. The van der Waals surface area contributed by atoms with E-state index in [1.807, 2.05) is 0 Å². The van der Waals surface area contributed by atoms with Crippen LogP contribution in [-0.4, -0.2) is 16.2 Å². The minimum absolute atomic E-state index is 0.355. The highest BCUT2D eigenvalue weighted by molar-refractivity contribution is 8.00. The first kappa shape index (κ1) is 8.89. The summed E-state index contributed by atoms with van der Waals surface area (Å²) in [5.74, 6) is 2.29. The van der Waals surface area contributed by atoms with E-state index in [9.17, 15) is 0 Å². The second-order valence-electron chi connectivity index (χ2n) is 5.18. The Balaban J connectivity index is 1.93. The van der Waals surface area contributed by atoms with E-state index >= 15 is 0 Å². The number of hydrogen-bond acceptors (Lipinski definition) is 2. The van der Waals surface area contributed by atoms with Gasteiger partial charge in [-0.25, -0.2) is 0 Å². The third-order valence-corrected chi connectivity index (χ3v) is 4.50. The van der Waals surface area contributed by atoms with Crippen LogP contribution in [0.1, 0.15) is 40.0 Å². The third-order valence-electron chi connectivity index (χ3n) is 2.73. The van der Waals surface area contributed by atoms with Crippen LogP contribution >= 0.6 is 11.8 Å². The van der Waals surface area contributed by atoms with Crippen LogP contribution in [0.15, 0.2) is 0 Å². The predicted molar refractivity (Wildman–Crippen MR) is 55.4 cm³/mol. The Morgan fingerprint density at radius 1 is 1.33 bits per heavy atom. The lowest BCUT2D eigenvalue weighted by Crippen LogP contribution is -2.45. The largest absolute Gasteiger partial charge is 0.297 e. The molecule has 1 unspecified atom stereocenters. The molecule has 1 N–H and O–H groups in total. The first-order valence-corrected chi connectivity index (χ1v) is 5.91. The van der Waals surface area contributed by atoms with Crippen molar-refractivity contribution in [3.05, 3.63) is 0 Å². The van der Waals surface area contributed by atoms with Gasteiger partial charge in [-0.1, -0.05) is 12.8 Å². The van der Waals surface area contributed by atoms with Gasteiger partial charge in [-0.15, -0.1) is 11.8 Å². The van der Waals surface area contributed by atoms with E-state index in [0.717, 1.165) is 5.92 Å². The van der Waals surface area contributed by atoms with Gasteiger partial charge in [-0.3, -0.25) is 5.32 Å². The second kappa shape index (κ2) is 2.65. The van der Waals surface area contributed by atoms with Gasteiger partial charge >= 0.3 is 0 Å². The molecule has 0 bridgehead atoms. The summed E-state index contributed by atoms with van der Waals surface area (Å²) in [6.07, 6.45) is 4.32. The Hall–Kier alpha value is 0.310. The SMILES string of the molecule is CC1(C)CSC(C)(CC2CC2)N1. The number of thioether (sulfide) groups is 1. The fourth-order valence-corrected chi connectivity index (χ4v) is 3.56. The summed E-state index contributed by atoms with van der Waals surface area (Å²) in [4.78, 5) is 0.380. The van der Waals surface area contributed by atoms with Crippen molar-refractivity contribution >= 4 is 11.8 Å². The zero-order valence-electron chi connectivity index (χ0n) is 8.31. The maximum absolute atomic E-state index is 3.74. The molecule has 1 aliphatic heterocycles. The first-order chi connectivity index (χ1) is 5.49. The minimum Gasteiger partial charge on any atom is -0.297 e. The summed E-state index contributed by atoms with van der Waals surface area (Å²) in [5, 5.41) is 3.74. The molecule has 2 rings (SSSR count). The summed E-state index contributed by atoms with van der Waals surface area (Å²) in [5.41, 5.74) is 0.355. The molecule has 0 aromatic heterocycles. The van der Waals surface area contributed by atoms with E-state index < -0.39 is 0 Å². The van der Waals surface area contributed by atoms with Crippen molar-refractivity contribution in [1.29, 1.82) is 0 Å². The van der Waals surface area contributed by atoms with Gasteiger partial charge in [0.15, 0.2) is 0 Å². The van der Waals surface area contributed by atoms with Crippen molar-refractivity contribution < 1.29 is 0 Å². The molecule has 2 fully saturated rings.